The minimum absolute atomic E-state index is 0.105. The lowest BCUT2D eigenvalue weighted by atomic mass is 10.0. The minimum Gasteiger partial charge on any atom is -0.462 e. The number of rotatable bonds is 53. The van der Waals surface area contributed by atoms with Crippen molar-refractivity contribution in [1.29, 1.82) is 0 Å². The third-order valence-corrected chi connectivity index (χ3v) is 12.5. The molecule has 1 unspecified atom stereocenters. The highest BCUT2D eigenvalue weighted by Crippen LogP contribution is 2.15. The summed E-state index contributed by atoms with van der Waals surface area (Å²) in [6.07, 6.45) is 81.1. The molecule has 0 N–H and O–H groups in total. The van der Waals surface area contributed by atoms with E-state index in [-0.39, 0.29) is 37.5 Å². The zero-order valence-corrected chi connectivity index (χ0v) is 46.9. The van der Waals surface area contributed by atoms with E-state index < -0.39 is 6.10 Å². The van der Waals surface area contributed by atoms with E-state index in [2.05, 4.69) is 130 Å². The van der Waals surface area contributed by atoms with Crippen molar-refractivity contribution in [2.24, 2.45) is 0 Å². The number of carbonyl (C=O) groups excluding carboxylic acids is 3. The molecule has 0 aromatic rings. The van der Waals surface area contributed by atoms with Crippen molar-refractivity contribution in [2.45, 2.75) is 277 Å². The van der Waals surface area contributed by atoms with Crippen LogP contribution in [-0.2, 0) is 28.6 Å². The van der Waals surface area contributed by atoms with Crippen LogP contribution in [0.3, 0.4) is 0 Å². The second kappa shape index (κ2) is 59.6. The Labute approximate surface area is 444 Å². The maximum Gasteiger partial charge on any atom is 0.306 e. The number of ether oxygens (including phenoxy) is 3. The quantitative estimate of drug-likeness (QED) is 0.0261. The molecule has 0 bridgehead atoms. The first-order valence-electron chi connectivity index (χ1n) is 29.9. The molecular weight excluding hydrogens is 889 g/mol. The Morgan fingerprint density at radius 3 is 0.958 bits per heavy atom. The molecule has 6 heteroatoms. The third kappa shape index (κ3) is 57.0. The molecule has 0 aromatic heterocycles. The Morgan fingerprint density at radius 1 is 0.292 bits per heavy atom. The van der Waals surface area contributed by atoms with Crippen LogP contribution in [0.1, 0.15) is 271 Å². The minimum atomic E-state index is -0.813. The molecule has 6 nitrogen and oxygen atoms in total. The van der Waals surface area contributed by atoms with Crippen molar-refractivity contribution in [3.8, 4) is 0 Å². The number of allylic oxidation sites excluding steroid dienone is 18. The third-order valence-electron chi connectivity index (χ3n) is 12.5. The van der Waals surface area contributed by atoms with E-state index >= 15 is 0 Å². The van der Waals surface area contributed by atoms with Gasteiger partial charge >= 0.3 is 17.9 Å². The standard InChI is InChI=1S/C66H110O6/c1-4-7-10-13-16-19-22-24-26-28-29-30-31-32-33-34-35-36-37-39-40-42-44-47-50-53-56-59-65(68)71-62-63(61-70-64(67)58-55-52-49-46-21-18-15-12-9-6-3)72-66(69)60-57-54-51-48-45-43-41-38-27-25-23-20-17-14-11-8-5-2/h8,11-12,15,17,20,22,24-25,27-29,31-32,41,43,48,51,63H,4-7,9-10,13-14,16,18-19,21,23,26,30,33-40,42,44-47,49-50,52-62H2,1-3H3/b11-8-,15-12-,20-17-,24-22-,27-25-,29-28-,32-31-,43-41-,51-48-. The Morgan fingerprint density at radius 2 is 0.583 bits per heavy atom. The Bertz CT molecular complexity index is 1470. The van der Waals surface area contributed by atoms with E-state index in [1.165, 1.54) is 116 Å². The smallest absolute Gasteiger partial charge is 0.306 e. The summed E-state index contributed by atoms with van der Waals surface area (Å²) in [6, 6.07) is 0. The zero-order valence-electron chi connectivity index (χ0n) is 46.9. The maximum atomic E-state index is 12.8. The first kappa shape index (κ1) is 68.1. The molecule has 0 spiro atoms. The van der Waals surface area contributed by atoms with E-state index in [1.807, 2.05) is 0 Å². The van der Waals surface area contributed by atoms with E-state index in [1.54, 1.807) is 0 Å². The topological polar surface area (TPSA) is 78.9 Å². The van der Waals surface area contributed by atoms with Crippen molar-refractivity contribution >= 4 is 17.9 Å². The number of hydrogen-bond acceptors (Lipinski definition) is 6. The van der Waals surface area contributed by atoms with Crippen LogP contribution in [-0.4, -0.2) is 37.2 Å². The van der Waals surface area contributed by atoms with E-state index in [4.69, 9.17) is 14.2 Å². The molecule has 0 saturated carbocycles. The molecule has 0 aliphatic rings. The van der Waals surface area contributed by atoms with E-state index in [0.717, 1.165) is 109 Å². The van der Waals surface area contributed by atoms with Gasteiger partial charge in [0, 0.05) is 19.3 Å². The number of unbranched alkanes of at least 4 members (excludes halogenated alkanes) is 24. The Hall–Kier alpha value is -3.93. The molecular formula is C66H110O6. The summed E-state index contributed by atoms with van der Waals surface area (Å²) in [7, 11) is 0. The van der Waals surface area contributed by atoms with E-state index in [9.17, 15) is 14.4 Å². The van der Waals surface area contributed by atoms with Gasteiger partial charge in [-0.05, 0) is 116 Å². The van der Waals surface area contributed by atoms with Crippen LogP contribution < -0.4 is 0 Å². The zero-order chi connectivity index (χ0) is 52.2. The summed E-state index contributed by atoms with van der Waals surface area (Å²) in [4.78, 5) is 38.1. The Kier molecular flexibility index (Phi) is 56.4. The van der Waals surface area contributed by atoms with Crippen LogP contribution >= 0.6 is 0 Å². The van der Waals surface area contributed by atoms with Crippen LogP contribution in [0.25, 0.3) is 0 Å². The number of carbonyl (C=O) groups is 3. The molecule has 0 radical (unpaired) electrons. The fraction of sp³-hybridized carbons (Fsp3) is 0.682. The van der Waals surface area contributed by atoms with Gasteiger partial charge in [-0.15, -0.1) is 0 Å². The summed E-state index contributed by atoms with van der Waals surface area (Å²) in [5, 5.41) is 0. The van der Waals surface area contributed by atoms with Crippen LogP contribution in [0.15, 0.2) is 109 Å². The van der Waals surface area contributed by atoms with E-state index in [0.29, 0.717) is 19.3 Å². The van der Waals surface area contributed by atoms with Crippen LogP contribution in [0.4, 0.5) is 0 Å². The van der Waals surface area contributed by atoms with Gasteiger partial charge in [0.1, 0.15) is 13.2 Å². The molecule has 410 valence electrons. The fourth-order valence-electron chi connectivity index (χ4n) is 8.02. The summed E-state index contributed by atoms with van der Waals surface area (Å²) in [5.74, 6) is -0.977. The molecule has 0 aliphatic carbocycles. The summed E-state index contributed by atoms with van der Waals surface area (Å²) < 4.78 is 16.8. The highest BCUT2D eigenvalue weighted by molar-refractivity contribution is 5.71. The fourth-order valence-corrected chi connectivity index (χ4v) is 8.02. The maximum absolute atomic E-state index is 12.8. The molecule has 0 rings (SSSR count). The van der Waals surface area contributed by atoms with Gasteiger partial charge in [0.25, 0.3) is 0 Å². The van der Waals surface area contributed by atoms with Gasteiger partial charge in [-0.3, -0.25) is 14.4 Å². The highest BCUT2D eigenvalue weighted by atomic mass is 16.6. The molecule has 0 amide bonds. The molecule has 0 heterocycles. The number of hydrogen-bond donors (Lipinski definition) is 0. The van der Waals surface area contributed by atoms with Crippen LogP contribution in [0, 0.1) is 0 Å². The second-order valence-corrected chi connectivity index (χ2v) is 19.5. The van der Waals surface area contributed by atoms with Gasteiger partial charge in [-0.25, -0.2) is 0 Å². The molecule has 0 aliphatic heterocycles. The average Bonchev–Trinajstić information content (AvgIpc) is 3.38. The lowest BCUT2D eigenvalue weighted by Gasteiger charge is -2.18. The van der Waals surface area contributed by atoms with Crippen LogP contribution in [0.2, 0.25) is 0 Å². The van der Waals surface area contributed by atoms with Crippen molar-refractivity contribution in [3.63, 3.8) is 0 Å². The highest BCUT2D eigenvalue weighted by Gasteiger charge is 2.19. The van der Waals surface area contributed by atoms with Crippen LogP contribution in [0.5, 0.6) is 0 Å². The van der Waals surface area contributed by atoms with Crippen molar-refractivity contribution < 1.29 is 28.6 Å². The second-order valence-electron chi connectivity index (χ2n) is 19.5. The largest absolute Gasteiger partial charge is 0.462 e. The molecule has 0 saturated heterocycles. The van der Waals surface area contributed by atoms with Gasteiger partial charge in [0.15, 0.2) is 6.10 Å². The van der Waals surface area contributed by atoms with Gasteiger partial charge in [-0.1, -0.05) is 246 Å². The predicted octanol–water partition coefficient (Wildman–Crippen LogP) is 20.3. The first-order chi connectivity index (χ1) is 35.5. The van der Waals surface area contributed by atoms with Gasteiger partial charge < -0.3 is 14.2 Å². The molecule has 72 heavy (non-hydrogen) atoms. The normalized spacial score (nSPS) is 12.9. The lowest BCUT2D eigenvalue weighted by molar-refractivity contribution is -0.167. The molecule has 0 aromatic carbocycles. The lowest BCUT2D eigenvalue weighted by Crippen LogP contribution is -2.30. The first-order valence-corrected chi connectivity index (χ1v) is 29.9. The van der Waals surface area contributed by atoms with Gasteiger partial charge in [-0.2, -0.15) is 0 Å². The van der Waals surface area contributed by atoms with Gasteiger partial charge in [0.2, 0.25) is 0 Å². The SMILES string of the molecule is CC/C=C\C/C=C\C/C=C\C/C=C\C/C=C\CCCC(=O)OC(COC(=O)CCCCCCC/C=C\CCC)COC(=O)CCCCCCCCCCCCCC/C=C\C/C=C\C/C=C\CCCCCCC. The van der Waals surface area contributed by atoms with Crippen molar-refractivity contribution in [3.05, 3.63) is 109 Å². The predicted molar refractivity (Wildman–Crippen MR) is 311 cm³/mol. The van der Waals surface area contributed by atoms with Crippen molar-refractivity contribution in [1.82, 2.24) is 0 Å². The van der Waals surface area contributed by atoms with Gasteiger partial charge in [0.05, 0.1) is 0 Å². The summed E-state index contributed by atoms with van der Waals surface area (Å²) in [6.45, 7) is 6.40. The Balaban J connectivity index is 4.30. The molecule has 1 atom stereocenters. The monoisotopic (exact) mass is 999 g/mol. The number of esters is 3. The average molecular weight is 1000 g/mol. The summed E-state index contributed by atoms with van der Waals surface area (Å²) in [5.41, 5.74) is 0. The summed E-state index contributed by atoms with van der Waals surface area (Å²) >= 11 is 0. The van der Waals surface area contributed by atoms with Crippen molar-refractivity contribution in [2.75, 3.05) is 13.2 Å². The molecule has 0 fully saturated rings.